The third-order valence-corrected chi connectivity index (χ3v) is 4.44. The number of halogens is 1. The Morgan fingerprint density at radius 2 is 1.80 bits per heavy atom. The fourth-order valence-corrected chi connectivity index (χ4v) is 2.99. The van der Waals surface area contributed by atoms with Crippen molar-refractivity contribution in [3.63, 3.8) is 0 Å². The molecular weight excluding hydrogens is 323 g/mol. The van der Waals surface area contributed by atoms with Crippen LogP contribution in [0.25, 0.3) is 0 Å². The van der Waals surface area contributed by atoms with Crippen LogP contribution in [0.5, 0.6) is 5.75 Å². The van der Waals surface area contributed by atoms with E-state index in [9.17, 15) is 14.3 Å². The molecule has 132 valence electrons. The molecule has 0 aromatic heterocycles. The number of piperazine rings is 1. The van der Waals surface area contributed by atoms with Gasteiger partial charge in [0.1, 0.15) is 0 Å². The summed E-state index contributed by atoms with van der Waals surface area (Å²) in [4.78, 5) is 16.1. The average molecular weight is 344 g/mol. The van der Waals surface area contributed by atoms with Crippen molar-refractivity contribution in [3.8, 4) is 5.75 Å². The molecule has 1 atom stereocenters. The molecule has 2 aromatic carbocycles. The summed E-state index contributed by atoms with van der Waals surface area (Å²) in [5.74, 6) is -0.492. The van der Waals surface area contributed by atoms with Gasteiger partial charge in [0.2, 0.25) is 0 Å². The molecule has 0 spiro atoms. The largest absolute Gasteiger partial charge is 0.494 e. The number of ether oxygens (including phenoxy) is 1. The van der Waals surface area contributed by atoms with Gasteiger partial charge in [0.05, 0.1) is 7.11 Å². The Bertz CT molecular complexity index is 731. The molecule has 6 heteroatoms. The molecule has 1 fully saturated rings. The van der Waals surface area contributed by atoms with Gasteiger partial charge in [-0.1, -0.05) is 30.3 Å². The maximum absolute atomic E-state index is 13.9. The van der Waals surface area contributed by atoms with E-state index in [1.807, 2.05) is 11.0 Å². The first-order valence-electron chi connectivity index (χ1n) is 8.20. The first kappa shape index (κ1) is 17.2. The average Bonchev–Trinajstić information content (AvgIpc) is 2.67. The normalized spacial score (nSPS) is 15.8. The molecule has 0 bridgehead atoms. The fraction of sp³-hybridized carbons (Fsp3) is 0.316. The number of methoxy groups -OCH3 is 1. The van der Waals surface area contributed by atoms with E-state index in [1.54, 1.807) is 41.3 Å². The van der Waals surface area contributed by atoms with E-state index < -0.39 is 11.9 Å². The number of aliphatic hydroxyl groups is 1. The van der Waals surface area contributed by atoms with Crippen molar-refractivity contribution < 1.29 is 19.0 Å². The molecule has 1 aliphatic heterocycles. The summed E-state index contributed by atoms with van der Waals surface area (Å²) >= 11 is 0. The Morgan fingerprint density at radius 3 is 2.40 bits per heavy atom. The lowest BCUT2D eigenvalue weighted by atomic mass is 10.1. The van der Waals surface area contributed by atoms with Crippen LogP contribution in [0.15, 0.2) is 48.5 Å². The van der Waals surface area contributed by atoms with Crippen LogP contribution in [0, 0.1) is 5.82 Å². The molecule has 0 radical (unpaired) electrons. The highest BCUT2D eigenvalue weighted by Crippen LogP contribution is 2.25. The zero-order chi connectivity index (χ0) is 17.8. The second kappa shape index (κ2) is 7.53. The number of aliphatic hydroxyl groups excluding tert-OH is 1. The van der Waals surface area contributed by atoms with Gasteiger partial charge in [-0.15, -0.1) is 0 Å². The van der Waals surface area contributed by atoms with Gasteiger partial charge in [0.25, 0.3) is 5.91 Å². The molecule has 1 N–H and O–H groups in total. The highest BCUT2D eigenvalue weighted by atomic mass is 19.1. The molecule has 2 aromatic rings. The number of amides is 1. The zero-order valence-electron chi connectivity index (χ0n) is 14.1. The summed E-state index contributed by atoms with van der Waals surface area (Å²) in [6, 6.07) is 13.7. The highest BCUT2D eigenvalue weighted by molar-refractivity contribution is 5.82. The van der Waals surface area contributed by atoms with Crippen molar-refractivity contribution in [1.29, 1.82) is 0 Å². The van der Waals surface area contributed by atoms with Crippen molar-refractivity contribution in [2.24, 2.45) is 0 Å². The van der Waals surface area contributed by atoms with Crippen LogP contribution in [0.3, 0.4) is 0 Å². The summed E-state index contributed by atoms with van der Waals surface area (Å²) < 4.78 is 18.8. The number of nitrogens with zero attached hydrogens (tertiary/aromatic N) is 2. The fourth-order valence-electron chi connectivity index (χ4n) is 2.99. The Labute approximate surface area is 146 Å². The van der Waals surface area contributed by atoms with Crippen molar-refractivity contribution in [2.75, 3.05) is 38.2 Å². The van der Waals surface area contributed by atoms with Gasteiger partial charge in [-0.2, -0.15) is 0 Å². The third-order valence-electron chi connectivity index (χ3n) is 4.44. The Hall–Kier alpha value is -2.60. The molecular formula is C19H21FN2O3. The van der Waals surface area contributed by atoms with Gasteiger partial charge in [-0.05, 0) is 17.7 Å². The third kappa shape index (κ3) is 3.74. The Balaban J connectivity index is 1.62. The molecule has 0 aliphatic carbocycles. The number of carbonyl (C=O) groups is 1. The minimum Gasteiger partial charge on any atom is -0.494 e. The molecule has 1 saturated heterocycles. The molecule has 1 heterocycles. The molecule has 1 unspecified atom stereocenters. The number of carbonyl (C=O) groups excluding carboxylic acids is 1. The van der Waals surface area contributed by atoms with Gasteiger partial charge < -0.3 is 19.6 Å². The van der Waals surface area contributed by atoms with Crippen LogP contribution in [0.1, 0.15) is 11.7 Å². The van der Waals surface area contributed by atoms with Crippen LogP contribution in [-0.4, -0.2) is 49.2 Å². The van der Waals surface area contributed by atoms with Gasteiger partial charge in [-0.25, -0.2) is 4.39 Å². The smallest absolute Gasteiger partial charge is 0.256 e. The van der Waals surface area contributed by atoms with Crippen molar-refractivity contribution in [2.45, 2.75) is 6.10 Å². The molecule has 1 aliphatic rings. The van der Waals surface area contributed by atoms with Crippen LogP contribution in [-0.2, 0) is 4.79 Å². The maximum Gasteiger partial charge on any atom is 0.256 e. The molecule has 1 amide bonds. The van der Waals surface area contributed by atoms with Crippen LogP contribution >= 0.6 is 0 Å². The van der Waals surface area contributed by atoms with E-state index >= 15 is 0 Å². The monoisotopic (exact) mass is 344 g/mol. The maximum atomic E-state index is 13.9. The summed E-state index contributed by atoms with van der Waals surface area (Å²) in [6.07, 6.45) is -1.15. The van der Waals surface area contributed by atoms with E-state index in [1.165, 1.54) is 13.2 Å². The topological polar surface area (TPSA) is 53.0 Å². The standard InChI is InChI=1S/C19H21FN2O3/c1-25-17-8-7-15(13-16(17)20)21-9-11-22(12-10-21)19(24)18(23)14-5-3-2-4-6-14/h2-8,13,18,23H,9-12H2,1H3. The van der Waals surface area contributed by atoms with Crippen LogP contribution in [0.4, 0.5) is 10.1 Å². The number of benzene rings is 2. The summed E-state index contributed by atoms with van der Waals surface area (Å²) in [7, 11) is 1.43. The van der Waals surface area contributed by atoms with Gasteiger partial charge >= 0.3 is 0 Å². The van der Waals surface area contributed by atoms with Gasteiger partial charge in [-0.3, -0.25) is 4.79 Å². The molecule has 5 nitrogen and oxygen atoms in total. The van der Waals surface area contributed by atoms with Crippen molar-refractivity contribution in [1.82, 2.24) is 4.90 Å². The Kier molecular flexibility index (Phi) is 5.19. The van der Waals surface area contributed by atoms with Crippen LogP contribution in [0.2, 0.25) is 0 Å². The molecule has 25 heavy (non-hydrogen) atoms. The summed E-state index contributed by atoms with van der Waals surface area (Å²) in [5.41, 5.74) is 1.35. The number of hydrogen-bond donors (Lipinski definition) is 1. The lowest BCUT2D eigenvalue weighted by Gasteiger charge is -2.37. The van der Waals surface area contributed by atoms with Crippen molar-refractivity contribution >= 4 is 11.6 Å². The predicted molar refractivity (Wildman–Crippen MR) is 93.1 cm³/mol. The molecule has 0 saturated carbocycles. The SMILES string of the molecule is COc1ccc(N2CCN(C(=O)C(O)c3ccccc3)CC2)cc1F. The van der Waals surface area contributed by atoms with E-state index in [0.29, 0.717) is 31.7 Å². The van der Waals surface area contributed by atoms with Gasteiger partial charge in [0, 0.05) is 37.9 Å². The van der Waals surface area contributed by atoms with E-state index in [0.717, 1.165) is 5.69 Å². The second-order valence-corrected chi connectivity index (χ2v) is 5.94. The second-order valence-electron chi connectivity index (χ2n) is 5.94. The lowest BCUT2D eigenvalue weighted by molar-refractivity contribution is -0.140. The van der Waals surface area contributed by atoms with E-state index in [2.05, 4.69) is 0 Å². The van der Waals surface area contributed by atoms with E-state index in [-0.39, 0.29) is 11.7 Å². The summed E-state index contributed by atoms with van der Waals surface area (Å²) in [6.45, 7) is 2.13. The molecule has 3 rings (SSSR count). The Morgan fingerprint density at radius 1 is 1.12 bits per heavy atom. The summed E-state index contributed by atoms with van der Waals surface area (Å²) in [5, 5.41) is 10.2. The minimum absolute atomic E-state index is 0.212. The highest BCUT2D eigenvalue weighted by Gasteiger charge is 2.27. The number of anilines is 1. The van der Waals surface area contributed by atoms with Crippen LogP contribution < -0.4 is 9.64 Å². The first-order chi connectivity index (χ1) is 12.1. The first-order valence-corrected chi connectivity index (χ1v) is 8.20. The van der Waals surface area contributed by atoms with Gasteiger partial charge in [0.15, 0.2) is 17.7 Å². The zero-order valence-corrected chi connectivity index (χ0v) is 14.1. The quantitative estimate of drug-likeness (QED) is 0.924. The predicted octanol–water partition coefficient (Wildman–Crippen LogP) is 2.22. The lowest BCUT2D eigenvalue weighted by Crippen LogP contribution is -2.50. The van der Waals surface area contributed by atoms with Crippen molar-refractivity contribution in [3.05, 3.63) is 59.9 Å². The number of rotatable bonds is 4. The minimum atomic E-state index is -1.15. The van der Waals surface area contributed by atoms with E-state index in [4.69, 9.17) is 4.74 Å². The number of hydrogen-bond acceptors (Lipinski definition) is 4.